The lowest BCUT2D eigenvalue weighted by Gasteiger charge is -2.28. The van der Waals surface area contributed by atoms with E-state index in [0.717, 1.165) is 0 Å². The minimum absolute atomic E-state index is 0.197. The standard InChI is InChI=1S/C14H15NO/c1-4-10-14(3,11-5-2)15-12-8-6-7-9-13(12)16/h1-2,6-9,15-16H,10-11H2,3H3. The van der Waals surface area contributed by atoms with E-state index in [0.29, 0.717) is 18.5 Å². The molecule has 0 saturated heterocycles. The van der Waals surface area contributed by atoms with E-state index in [9.17, 15) is 5.11 Å². The van der Waals surface area contributed by atoms with Gasteiger partial charge in [0.05, 0.1) is 11.2 Å². The molecule has 0 radical (unpaired) electrons. The Morgan fingerprint density at radius 2 is 1.81 bits per heavy atom. The first-order valence-electron chi connectivity index (χ1n) is 5.04. The largest absolute Gasteiger partial charge is 0.506 e. The summed E-state index contributed by atoms with van der Waals surface area (Å²) >= 11 is 0. The van der Waals surface area contributed by atoms with Crippen LogP contribution in [0.3, 0.4) is 0 Å². The Morgan fingerprint density at radius 1 is 1.25 bits per heavy atom. The molecule has 0 atom stereocenters. The highest BCUT2D eigenvalue weighted by Gasteiger charge is 2.22. The molecule has 82 valence electrons. The molecule has 0 aliphatic heterocycles. The second-order valence-corrected chi connectivity index (χ2v) is 3.96. The number of aromatic hydroxyl groups is 1. The maximum atomic E-state index is 9.64. The van der Waals surface area contributed by atoms with Gasteiger partial charge in [-0.15, -0.1) is 24.7 Å². The molecule has 0 saturated carbocycles. The van der Waals surface area contributed by atoms with Crippen molar-refractivity contribution in [2.45, 2.75) is 25.3 Å². The Balaban J connectivity index is 2.89. The predicted octanol–water partition coefficient (Wildman–Crippen LogP) is 2.61. The van der Waals surface area contributed by atoms with Crippen molar-refractivity contribution < 1.29 is 5.11 Å². The number of nitrogens with one attached hydrogen (secondary N) is 1. The SMILES string of the molecule is C#CCC(C)(CC#C)Nc1ccccc1O. The Morgan fingerprint density at radius 3 is 2.31 bits per heavy atom. The Bertz CT molecular complexity index is 421. The third kappa shape index (κ3) is 2.97. The number of para-hydroxylation sites is 2. The molecular formula is C14H15NO. The average Bonchev–Trinajstić information content (AvgIpc) is 2.22. The van der Waals surface area contributed by atoms with Crippen LogP contribution in [0.4, 0.5) is 5.69 Å². The first-order chi connectivity index (χ1) is 7.61. The van der Waals surface area contributed by atoms with E-state index in [2.05, 4.69) is 17.2 Å². The van der Waals surface area contributed by atoms with Crippen molar-refractivity contribution in [3.05, 3.63) is 24.3 Å². The Labute approximate surface area is 96.7 Å². The van der Waals surface area contributed by atoms with Crippen molar-refractivity contribution in [2.75, 3.05) is 5.32 Å². The van der Waals surface area contributed by atoms with Crippen molar-refractivity contribution in [3.8, 4) is 30.4 Å². The van der Waals surface area contributed by atoms with Crippen LogP contribution in [0.5, 0.6) is 5.75 Å². The summed E-state index contributed by atoms with van der Waals surface area (Å²) in [6, 6.07) is 7.02. The van der Waals surface area contributed by atoms with Crippen LogP contribution in [0.2, 0.25) is 0 Å². The van der Waals surface area contributed by atoms with E-state index in [1.54, 1.807) is 18.2 Å². The van der Waals surface area contributed by atoms with Gasteiger partial charge in [-0.1, -0.05) is 12.1 Å². The summed E-state index contributed by atoms with van der Waals surface area (Å²) < 4.78 is 0. The number of terminal acetylenes is 2. The lowest BCUT2D eigenvalue weighted by molar-refractivity contribution is 0.470. The number of phenols is 1. The molecule has 1 aromatic rings. The molecule has 16 heavy (non-hydrogen) atoms. The second kappa shape index (κ2) is 5.14. The molecule has 2 heteroatoms. The van der Waals surface area contributed by atoms with E-state index in [1.165, 1.54) is 0 Å². The van der Waals surface area contributed by atoms with E-state index >= 15 is 0 Å². The molecule has 0 aromatic heterocycles. The summed E-state index contributed by atoms with van der Waals surface area (Å²) in [4.78, 5) is 0. The van der Waals surface area contributed by atoms with Gasteiger partial charge in [0.1, 0.15) is 5.75 Å². The fraction of sp³-hybridized carbons (Fsp3) is 0.286. The molecule has 1 aromatic carbocycles. The van der Waals surface area contributed by atoms with Gasteiger partial charge in [-0.05, 0) is 19.1 Å². The molecule has 0 fully saturated rings. The van der Waals surface area contributed by atoms with Crippen molar-refractivity contribution >= 4 is 5.69 Å². The van der Waals surface area contributed by atoms with E-state index in [4.69, 9.17) is 12.8 Å². The molecule has 0 heterocycles. The summed E-state index contributed by atoms with van der Waals surface area (Å²) in [6.07, 6.45) is 11.6. The lowest BCUT2D eigenvalue weighted by atomic mass is 9.94. The first-order valence-corrected chi connectivity index (χ1v) is 5.04. The molecule has 2 nitrogen and oxygen atoms in total. The fourth-order valence-electron chi connectivity index (χ4n) is 1.51. The zero-order valence-corrected chi connectivity index (χ0v) is 9.33. The van der Waals surface area contributed by atoms with Gasteiger partial charge in [-0.3, -0.25) is 0 Å². The Hall–Kier alpha value is -2.06. The van der Waals surface area contributed by atoms with Gasteiger partial charge < -0.3 is 10.4 Å². The van der Waals surface area contributed by atoms with Crippen LogP contribution < -0.4 is 5.32 Å². The van der Waals surface area contributed by atoms with Gasteiger partial charge in [0, 0.05) is 12.8 Å². The first kappa shape index (κ1) is 12.0. The highest BCUT2D eigenvalue weighted by Crippen LogP contribution is 2.28. The monoisotopic (exact) mass is 213 g/mol. The van der Waals surface area contributed by atoms with Crippen LogP contribution in [0.15, 0.2) is 24.3 Å². The lowest BCUT2D eigenvalue weighted by Crippen LogP contribution is -2.33. The number of hydrogen-bond acceptors (Lipinski definition) is 2. The molecule has 0 bridgehead atoms. The molecular weight excluding hydrogens is 198 g/mol. The minimum atomic E-state index is -0.387. The third-order valence-electron chi connectivity index (χ3n) is 2.32. The minimum Gasteiger partial charge on any atom is -0.506 e. The summed E-state index contributed by atoms with van der Waals surface area (Å²) in [5.74, 6) is 5.38. The van der Waals surface area contributed by atoms with Crippen LogP contribution in [-0.2, 0) is 0 Å². The predicted molar refractivity (Wildman–Crippen MR) is 67.0 cm³/mol. The molecule has 0 unspecified atom stereocenters. The summed E-state index contributed by atoms with van der Waals surface area (Å²) in [5, 5.41) is 12.8. The molecule has 0 spiro atoms. The smallest absolute Gasteiger partial charge is 0.138 e. The number of phenolic OH excluding ortho intramolecular Hbond substituents is 1. The topological polar surface area (TPSA) is 32.3 Å². The summed E-state index contributed by atoms with van der Waals surface area (Å²) in [5.41, 5.74) is 0.262. The summed E-state index contributed by atoms with van der Waals surface area (Å²) in [6.45, 7) is 1.94. The van der Waals surface area contributed by atoms with Gasteiger partial charge in [0.2, 0.25) is 0 Å². The number of hydrogen-bond donors (Lipinski definition) is 2. The van der Waals surface area contributed by atoms with Crippen LogP contribution in [0.1, 0.15) is 19.8 Å². The molecule has 0 aliphatic carbocycles. The van der Waals surface area contributed by atoms with Crippen LogP contribution in [0, 0.1) is 24.7 Å². The van der Waals surface area contributed by atoms with Crippen molar-refractivity contribution in [1.29, 1.82) is 0 Å². The third-order valence-corrected chi connectivity index (χ3v) is 2.32. The van der Waals surface area contributed by atoms with Gasteiger partial charge in [-0.2, -0.15) is 0 Å². The Kier molecular flexibility index (Phi) is 3.86. The van der Waals surface area contributed by atoms with Crippen LogP contribution in [0.25, 0.3) is 0 Å². The molecule has 1 rings (SSSR count). The van der Waals surface area contributed by atoms with Crippen molar-refractivity contribution in [1.82, 2.24) is 0 Å². The van der Waals surface area contributed by atoms with Gasteiger partial charge in [0.15, 0.2) is 0 Å². The van der Waals surface area contributed by atoms with Crippen LogP contribution in [-0.4, -0.2) is 10.6 Å². The average molecular weight is 213 g/mol. The normalized spacial score (nSPS) is 10.2. The van der Waals surface area contributed by atoms with Crippen molar-refractivity contribution in [3.63, 3.8) is 0 Å². The number of rotatable bonds is 4. The van der Waals surface area contributed by atoms with Gasteiger partial charge in [0.25, 0.3) is 0 Å². The van der Waals surface area contributed by atoms with E-state index in [-0.39, 0.29) is 11.3 Å². The fourth-order valence-corrected chi connectivity index (χ4v) is 1.51. The zero-order valence-electron chi connectivity index (χ0n) is 9.33. The molecule has 0 amide bonds. The van der Waals surface area contributed by atoms with E-state index < -0.39 is 0 Å². The summed E-state index contributed by atoms with van der Waals surface area (Å²) in [7, 11) is 0. The second-order valence-electron chi connectivity index (χ2n) is 3.96. The number of anilines is 1. The molecule has 2 N–H and O–H groups in total. The zero-order chi connectivity index (χ0) is 12.0. The maximum Gasteiger partial charge on any atom is 0.138 e. The van der Waals surface area contributed by atoms with Gasteiger partial charge >= 0.3 is 0 Å². The van der Waals surface area contributed by atoms with Gasteiger partial charge in [-0.25, -0.2) is 0 Å². The highest BCUT2D eigenvalue weighted by molar-refractivity contribution is 5.57. The number of benzene rings is 1. The van der Waals surface area contributed by atoms with Crippen molar-refractivity contribution in [2.24, 2.45) is 0 Å². The van der Waals surface area contributed by atoms with E-state index in [1.807, 2.05) is 13.0 Å². The van der Waals surface area contributed by atoms with Crippen LogP contribution >= 0.6 is 0 Å². The highest BCUT2D eigenvalue weighted by atomic mass is 16.3. The quantitative estimate of drug-likeness (QED) is 0.595. The molecule has 0 aliphatic rings. The maximum absolute atomic E-state index is 9.64.